The molecule has 0 fully saturated rings. The molecular weight excluding hydrogens is 623 g/mol. The molecule has 0 aliphatic heterocycles. The van der Waals surface area contributed by atoms with Gasteiger partial charge in [0.25, 0.3) is 0 Å². The first kappa shape index (κ1) is 29.0. The van der Waals surface area contributed by atoms with Crippen LogP contribution < -0.4 is 4.90 Å². The van der Waals surface area contributed by atoms with Crippen LogP contribution in [0.4, 0.5) is 17.1 Å². The van der Waals surface area contributed by atoms with E-state index >= 15 is 0 Å². The fourth-order valence-electron chi connectivity index (χ4n) is 7.57. The highest BCUT2D eigenvalue weighted by Crippen LogP contribution is 2.42. The minimum atomic E-state index is 0.833. The Hall–Kier alpha value is -6.91. The van der Waals surface area contributed by atoms with Gasteiger partial charge in [-0.2, -0.15) is 0 Å². The summed E-state index contributed by atoms with van der Waals surface area (Å²) in [7, 11) is 0. The van der Waals surface area contributed by atoms with Crippen LogP contribution in [0.1, 0.15) is 0 Å². The molecule has 0 saturated heterocycles. The van der Waals surface area contributed by atoms with Crippen LogP contribution in [0.3, 0.4) is 0 Å². The number of fused-ring (bicyclic) bond motifs is 6. The number of pyridine rings is 1. The van der Waals surface area contributed by atoms with Gasteiger partial charge in [0, 0.05) is 62.8 Å². The molecule has 0 N–H and O–H groups in total. The first-order valence-electron chi connectivity index (χ1n) is 17.2. The Balaban J connectivity index is 1.15. The number of furan rings is 1. The first-order valence-corrected chi connectivity index (χ1v) is 17.2. The molecule has 0 radical (unpaired) electrons. The Morgan fingerprint density at radius 2 is 1.10 bits per heavy atom. The molecule has 0 saturated carbocycles. The Bertz CT molecular complexity index is 2820. The molecule has 0 spiro atoms. The standard InChI is InChI=1S/C47H31N3O/c1-3-12-32(13-4-1)42-29-36(50-44-20-9-7-18-39(44)40-19-8-10-21-45(40)50)22-24-38(42)33-14-11-17-35(28-33)49(34-15-5-2-6-16-34)37-23-25-41-43-31-48-27-26-46(43)51-47(41)30-37/h1-31H. The Labute approximate surface area is 295 Å². The van der Waals surface area contributed by atoms with E-state index in [0.717, 1.165) is 50.3 Å². The van der Waals surface area contributed by atoms with E-state index in [9.17, 15) is 0 Å². The minimum Gasteiger partial charge on any atom is -0.456 e. The number of hydrogen-bond acceptors (Lipinski definition) is 3. The Morgan fingerprint density at radius 3 is 1.88 bits per heavy atom. The van der Waals surface area contributed by atoms with Crippen molar-refractivity contribution in [3.63, 3.8) is 0 Å². The number of anilines is 3. The van der Waals surface area contributed by atoms with E-state index in [-0.39, 0.29) is 0 Å². The molecule has 0 unspecified atom stereocenters. The van der Waals surface area contributed by atoms with Gasteiger partial charge in [-0.05, 0) is 89.0 Å². The van der Waals surface area contributed by atoms with Crippen LogP contribution in [0, 0.1) is 0 Å². The summed E-state index contributed by atoms with van der Waals surface area (Å²) in [5.41, 5.74) is 13.0. The first-order chi connectivity index (χ1) is 25.3. The molecule has 3 aromatic heterocycles. The van der Waals surface area contributed by atoms with Gasteiger partial charge >= 0.3 is 0 Å². The highest BCUT2D eigenvalue weighted by molar-refractivity contribution is 6.09. The number of hydrogen-bond donors (Lipinski definition) is 0. The maximum absolute atomic E-state index is 6.30. The van der Waals surface area contributed by atoms with Gasteiger partial charge in [0.15, 0.2) is 0 Å². The number of benzene rings is 7. The van der Waals surface area contributed by atoms with E-state index in [0.29, 0.717) is 0 Å². The van der Waals surface area contributed by atoms with Crippen molar-refractivity contribution in [1.82, 2.24) is 9.55 Å². The average Bonchev–Trinajstić information content (AvgIpc) is 3.74. The molecule has 51 heavy (non-hydrogen) atoms. The van der Waals surface area contributed by atoms with Crippen molar-refractivity contribution in [2.45, 2.75) is 0 Å². The Kier molecular flexibility index (Phi) is 6.78. The second kappa shape index (κ2) is 11.9. The van der Waals surface area contributed by atoms with Crippen molar-refractivity contribution in [3.05, 3.63) is 188 Å². The molecule has 0 bridgehead atoms. The van der Waals surface area contributed by atoms with Gasteiger partial charge in [-0.15, -0.1) is 0 Å². The molecule has 3 heterocycles. The van der Waals surface area contributed by atoms with Gasteiger partial charge < -0.3 is 13.9 Å². The van der Waals surface area contributed by atoms with Crippen molar-refractivity contribution in [2.75, 3.05) is 4.90 Å². The van der Waals surface area contributed by atoms with Crippen LogP contribution in [-0.4, -0.2) is 9.55 Å². The fraction of sp³-hybridized carbons (Fsp3) is 0. The normalized spacial score (nSPS) is 11.5. The van der Waals surface area contributed by atoms with Gasteiger partial charge in [0.05, 0.1) is 11.0 Å². The largest absolute Gasteiger partial charge is 0.456 e. The fourth-order valence-corrected chi connectivity index (χ4v) is 7.57. The van der Waals surface area contributed by atoms with Crippen LogP contribution in [-0.2, 0) is 0 Å². The molecule has 7 aromatic carbocycles. The maximum Gasteiger partial charge on any atom is 0.138 e. The summed E-state index contributed by atoms with van der Waals surface area (Å²) in [6.07, 6.45) is 3.64. The van der Waals surface area contributed by atoms with Gasteiger partial charge in [-0.3, -0.25) is 4.98 Å². The lowest BCUT2D eigenvalue weighted by Gasteiger charge is -2.26. The zero-order valence-electron chi connectivity index (χ0n) is 27.6. The lowest BCUT2D eigenvalue weighted by atomic mass is 9.93. The number of rotatable bonds is 6. The summed E-state index contributed by atoms with van der Waals surface area (Å²) in [5.74, 6) is 0. The zero-order valence-corrected chi connectivity index (χ0v) is 27.6. The van der Waals surface area contributed by atoms with Crippen molar-refractivity contribution < 1.29 is 4.42 Å². The van der Waals surface area contributed by atoms with Crippen LogP contribution in [0.25, 0.3) is 71.7 Å². The maximum atomic E-state index is 6.30. The predicted molar refractivity (Wildman–Crippen MR) is 211 cm³/mol. The molecule has 10 aromatic rings. The third kappa shape index (κ3) is 4.88. The van der Waals surface area contributed by atoms with Crippen LogP contribution in [0.15, 0.2) is 193 Å². The number of aromatic nitrogens is 2. The van der Waals surface area contributed by atoms with Gasteiger partial charge in [-0.25, -0.2) is 0 Å². The Morgan fingerprint density at radius 1 is 0.431 bits per heavy atom. The summed E-state index contributed by atoms with van der Waals surface area (Å²) >= 11 is 0. The third-order valence-electron chi connectivity index (χ3n) is 9.87. The average molecular weight is 654 g/mol. The minimum absolute atomic E-state index is 0.833. The van der Waals surface area contributed by atoms with E-state index < -0.39 is 0 Å². The predicted octanol–water partition coefficient (Wildman–Crippen LogP) is 12.9. The summed E-state index contributed by atoms with van der Waals surface area (Å²) in [6, 6.07) is 62.6. The molecule has 0 aliphatic rings. The van der Waals surface area contributed by atoms with E-state index in [2.05, 4.69) is 184 Å². The topological polar surface area (TPSA) is 34.2 Å². The lowest BCUT2D eigenvalue weighted by molar-refractivity contribution is 0.668. The van der Waals surface area contributed by atoms with Gasteiger partial charge in [0.2, 0.25) is 0 Å². The molecular formula is C47H31N3O. The summed E-state index contributed by atoms with van der Waals surface area (Å²) in [6.45, 7) is 0. The molecule has 0 amide bonds. The second-order valence-corrected chi connectivity index (χ2v) is 12.8. The van der Waals surface area contributed by atoms with Crippen LogP contribution in [0.2, 0.25) is 0 Å². The highest BCUT2D eigenvalue weighted by Gasteiger charge is 2.18. The van der Waals surface area contributed by atoms with E-state index in [4.69, 9.17) is 4.42 Å². The summed E-state index contributed by atoms with van der Waals surface area (Å²) < 4.78 is 8.69. The molecule has 240 valence electrons. The van der Waals surface area contributed by atoms with Gasteiger partial charge in [0.1, 0.15) is 11.2 Å². The summed E-state index contributed by atoms with van der Waals surface area (Å²) in [4.78, 5) is 6.62. The van der Waals surface area contributed by atoms with Crippen LogP contribution >= 0.6 is 0 Å². The monoisotopic (exact) mass is 653 g/mol. The molecule has 4 heteroatoms. The van der Waals surface area contributed by atoms with E-state index in [1.54, 1.807) is 6.20 Å². The van der Waals surface area contributed by atoms with Gasteiger partial charge in [-0.1, -0.05) is 103 Å². The van der Waals surface area contributed by atoms with Crippen molar-refractivity contribution >= 4 is 60.8 Å². The summed E-state index contributed by atoms with van der Waals surface area (Å²) in [5, 5.41) is 4.58. The lowest BCUT2D eigenvalue weighted by Crippen LogP contribution is -2.09. The quantitative estimate of drug-likeness (QED) is 0.179. The smallest absolute Gasteiger partial charge is 0.138 e. The SMILES string of the molecule is c1ccc(-c2cc(-n3c4ccccc4c4ccccc43)ccc2-c2cccc(N(c3ccccc3)c3ccc4c(c3)oc3ccncc34)c2)cc1. The van der Waals surface area contributed by atoms with Crippen molar-refractivity contribution in [3.8, 4) is 27.9 Å². The number of para-hydroxylation sites is 3. The molecule has 4 nitrogen and oxygen atoms in total. The van der Waals surface area contributed by atoms with Crippen molar-refractivity contribution in [2.24, 2.45) is 0 Å². The second-order valence-electron chi connectivity index (χ2n) is 12.8. The van der Waals surface area contributed by atoms with Crippen molar-refractivity contribution in [1.29, 1.82) is 0 Å². The molecule has 0 atom stereocenters. The van der Waals surface area contributed by atoms with E-state index in [1.807, 2.05) is 12.3 Å². The number of nitrogens with zero attached hydrogens (tertiary/aromatic N) is 3. The third-order valence-corrected chi connectivity index (χ3v) is 9.87. The van der Waals surface area contributed by atoms with Crippen LogP contribution in [0.5, 0.6) is 0 Å². The highest BCUT2D eigenvalue weighted by atomic mass is 16.3. The molecule has 0 aliphatic carbocycles. The zero-order chi connectivity index (χ0) is 33.7. The van der Waals surface area contributed by atoms with E-state index in [1.165, 1.54) is 38.5 Å². The molecule has 10 rings (SSSR count).